The molecule has 0 aliphatic carbocycles. The predicted octanol–water partition coefficient (Wildman–Crippen LogP) is 0.387. The number of carbonyl (C=O) groups is 1. The van der Waals surface area contributed by atoms with Crippen molar-refractivity contribution in [2.75, 3.05) is 13.1 Å². The van der Waals surface area contributed by atoms with Crippen molar-refractivity contribution < 1.29 is 4.79 Å². The van der Waals surface area contributed by atoms with Crippen LogP contribution in [0.4, 0.5) is 0 Å². The molecule has 1 aliphatic heterocycles. The summed E-state index contributed by atoms with van der Waals surface area (Å²) in [6.45, 7) is 4.00. The number of nitrogens with one attached hydrogen (secondary N) is 1. The van der Waals surface area contributed by atoms with Crippen molar-refractivity contribution in [1.82, 2.24) is 15.1 Å². The highest BCUT2D eigenvalue weighted by molar-refractivity contribution is 5.83. The van der Waals surface area contributed by atoms with Crippen LogP contribution in [0.25, 0.3) is 0 Å². The molecule has 1 saturated heterocycles. The van der Waals surface area contributed by atoms with Gasteiger partial charge in [0.05, 0.1) is 6.20 Å². The maximum Gasteiger partial charge on any atom is 0.140 e. The second-order valence-corrected chi connectivity index (χ2v) is 4.37. The first kappa shape index (κ1) is 10.4. The van der Waals surface area contributed by atoms with E-state index in [1.54, 1.807) is 10.9 Å². The Morgan fingerprint density at radius 2 is 2.47 bits per heavy atom. The van der Waals surface area contributed by atoms with Crippen LogP contribution in [-0.4, -0.2) is 28.7 Å². The molecule has 1 atom stereocenters. The lowest BCUT2D eigenvalue weighted by atomic mass is 9.84. The van der Waals surface area contributed by atoms with E-state index in [0.29, 0.717) is 18.1 Å². The number of aromatic nitrogens is 2. The normalized spacial score (nSPS) is 18.5. The molecule has 1 aliphatic rings. The topological polar surface area (TPSA) is 46.9 Å². The van der Waals surface area contributed by atoms with Gasteiger partial charge in [0.15, 0.2) is 0 Å². The van der Waals surface area contributed by atoms with E-state index in [2.05, 4.69) is 10.4 Å². The zero-order valence-electron chi connectivity index (χ0n) is 9.23. The lowest BCUT2D eigenvalue weighted by Gasteiger charge is -2.31. The van der Waals surface area contributed by atoms with Crippen LogP contribution in [-0.2, 0) is 18.3 Å². The zero-order valence-corrected chi connectivity index (χ0v) is 9.23. The van der Waals surface area contributed by atoms with Gasteiger partial charge in [-0.25, -0.2) is 0 Å². The Morgan fingerprint density at radius 1 is 1.73 bits per heavy atom. The Morgan fingerprint density at radius 3 is 2.93 bits per heavy atom. The van der Waals surface area contributed by atoms with E-state index >= 15 is 0 Å². The minimum absolute atomic E-state index is 0.173. The van der Waals surface area contributed by atoms with Crippen molar-refractivity contribution in [1.29, 1.82) is 0 Å². The Bertz CT molecular complexity index is 354. The third-order valence-electron chi connectivity index (χ3n) is 3.16. The Balaban J connectivity index is 1.91. The molecular formula is C11H17N3O. The smallest absolute Gasteiger partial charge is 0.140 e. The van der Waals surface area contributed by atoms with Crippen LogP contribution in [0.2, 0.25) is 0 Å². The van der Waals surface area contributed by atoms with E-state index in [9.17, 15) is 4.79 Å². The van der Waals surface area contributed by atoms with Crippen LogP contribution in [0.1, 0.15) is 12.5 Å². The summed E-state index contributed by atoms with van der Waals surface area (Å²) >= 11 is 0. The van der Waals surface area contributed by atoms with Gasteiger partial charge in [-0.05, 0) is 24.6 Å². The van der Waals surface area contributed by atoms with E-state index in [4.69, 9.17) is 0 Å². The summed E-state index contributed by atoms with van der Waals surface area (Å²) in [5, 5.41) is 7.26. The average molecular weight is 207 g/mol. The van der Waals surface area contributed by atoms with Gasteiger partial charge in [-0.15, -0.1) is 0 Å². The second kappa shape index (κ2) is 4.14. The molecule has 4 nitrogen and oxygen atoms in total. The first-order valence-electron chi connectivity index (χ1n) is 5.38. The number of Topliss-reactive ketones (excluding diaryl/α,β-unsaturated/α-hetero) is 1. The van der Waals surface area contributed by atoms with Crippen molar-refractivity contribution in [2.24, 2.45) is 18.9 Å². The van der Waals surface area contributed by atoms with Crippen LogP contribution in [0, 0.1) is 11.8 Å². The first-order chi connectivity index (χ1) is 7.16. The molecule has 82 valence electrons. The van der Waals surface area contributed by atoms with Crippen molar-refractivity contribution in [3.8, 4) is 0 Å². The predicted molar refractivity (Wildman–Crippen MR) is 57.4 cm³/mol. The van der Waals surface area contributed by atoms with Gasteiger partial charge in [-0.2, -0.15) is 5.10 Å². The van der Waals surface area contributed by atoms with Crippen LogP contribution >= 0.6 is 0 Å². The quantitative estimate of drug-likeness (QED) is 0.776. The molecule has 0 spiro atoms. The van der Waals surface area contributed by atoms with Gasteiger partial charge in [0.1, 0.15) is 5.78 Å². The monoisotopic (exact) mass is 207 g/mol. The molecule has 1 N–H and O–H groups in total. The maximum atomic E-state index is 11.9. The summed E-state index contributed by atoms with van der Waals surface area (Å²) in [5.41, 5.74) is 1.02. The van der Waals surface area contributed by atoms with Gasteiger partial charge < -0.3 is 5.32 Å². The molecule has 15 heavy (non-hydrogen) atoms. The summed E-state index contributed by atoms with van der Waals surface area (Å²) < 4.78 is 1.73. The van der Waals surface area contributed by atoms with Crippen molar-refractivity contribution in [2.45, 2.75) is 13.3 Å². The van der Waals surface area contributed by atoms with E-state index in [1.807, 2.05) is 20.2 Å². The van der Waals surface area contributed by atoms with Gasteiger partial charge in [0.2, 0.25) is 0 Å². The number of hydrogen-bond acceptors (Lipinski definition) is 3. The van der Waals surface area contributed by atoms with Crippen LogP contribution < -0.4 is 5.32 Å². The lowest BCUT2D eigenvalue weighted by molar-refractivity contribution is -0.123. The molecule has 0 saturated carbocycles. The number of carbonyl (C=O) groups excluding carboxylic acids is 1. The standard InChI is InChI=1S/C11H17N3O/c1-8(10-5-12-6-10)11(15)3-9-4-13-14(2)7-9/h4,7-8,10,12H,3,5-6H2,1-2H3. The SMILES string of the molecule is CC(C(=O)Cc1cnn(C)c1)C1CNC1. The maximum absolute atomic E-state index is 11.9. The molecule has 1 aromatic rings. The highest BCUT2D eigenvalue weighted by Crippen LogP contribution is 2.18. The number of hydrogen-bond donors (Lipinski definition) is 1. The average Bonchev–Trinajstić information content (AvgIpc) is 2.48. The van der Waals surface area contributed by atoms with Crippen LogP contribution in [0.3, 0.4) is 0 Å². The highest BCUT2D eigenvalue weighted by atomic mass is 16.1. The molecular weight excluding hydrogens is 190 g/mol. The zero-order chi connectivity index (χ0) is 10.8. The molecule has 0 aromatic carbocycles. The van der Waals surface area contributed by atoms with Gasteiger partial charge in [-0.1, -0.05) is 6.92 Å². The minimum atomic E-state index is 0.173. The van der Waals surface area contributed by atoms with E-state index in [-0.39, 0.29) is 5.92 Å². The van der Waals surface area contributed by atoms with Gasteiger partial charge in [0, 0.05) is 25.6 Å². The molecule has 1 aromatic heterocycles. The van der Waals surface area contributed by atoms with E-state index < -0.39 is 0 Å². The summed E-state index contributed by atoms with van der Waals surface area (Å²) in [6.07, 6.45) is 4.19. The molecule has 2 heterocycles. The van der Waals surface area contributed by atoms with Crippen LogP contribution in [0.5, 0.6) is 0 Å². The Labute approximate surface area is 89.7 Å². The molecule has 0 radical (unpaired) electrons. The summed E-state index contributed by atoms with van der Waals surface area (Å²) in [6, 6.07) is 0. The molecule has 1 unspecified atom stereocenters. The second-order valence-electron chi connectivity index (χ2n) is 4.37. The third-order valence-corrected chi connectivity index (χ3v) is 3.16. The number of aryl methyl sites for hydroxylation is 1. The largest absolute Gasteiger partial charge is 0.316 e. The van der Waals surface area contributed by atoms with Crippen LogP contribution in [0.15, 0.2) is 12.4 Å². The number of nitrogens with zero attached hydrogens (tertiary/aromatic N) is 2. The number of rotatable bonds is 4. The Hall–Kier alpha value is -1.16. The van der Waals surface area contributed by atoms with E-state index in [0.717, 1.165) is 18.7 Å². The fourth-order valence-corrected chi connectivity index (χ4v) is 1.85. The molecule has 0 bridgehead atoms. The van der Waals surface area contributed by atoms with E-state index in [1.165, 1.54) is 0 Å². The molecule has 1 fully saturated rings. The summed E-state index contributed by atoms with van der Waals surface area (Å²) in [5.74, 6) is 1.04. The third kappa shape index (κ3) is 2.26. The first-order valence-corrected chi connectivity index (χ1v) is 5.38. The minimum Gasteiger partial charge on any atom is -0.316 e. The highest BCUT2D eigenvalue weighted by Gasteiger charge is 2.28. The fraction of sp³-hybridized carbons (Fsp3) is 0.636. The van der Waals surface area contributed by atoms with Gasteiger partial charge in [-0.3, -0.25) is 9.48 Å². The molecule has 4 heteroatoms. The molecule has 0 amide bonds. The lowest BCUT2D eigenvalue weighted by Crippen LogP contribution is -2.47. The van der Waals surface area contributed by atoms with Crippen molar-refractivity contribution >= 4 is 5.78 Å². The summed E-state index contributed by atoms with van der Waals surface area (Å²) in [7, 11) is 1.87. The fourth-order valence-electron chi connectivity index (χ4n) is 1.85. The van der Waals surface area contributed by atoms with Crippen molar-refractivity contribution in [3.05, 3.63) is 18.0 Å². The summed E-state index contributed by atoms with van der Waals surface area (Å²) in [4.78, 5) is 11.9. The van der Waals surface area contributed by atoms with Crippen molar-refractivity contribution in [3.63, 3.8) is 0 Å². The van der Waals surface area contributed by atoms with Gasteiger partial charge in [0.25, 0.3) is 0 Å². The Kier molecular flexibility index (Phi) is 2.86. The molecule has 2 rings (SSSR count). The number of ketones is 1. The van der Waals surface area contributed by atoms with Gasteiger partial charge >= 0.3 is 0 Å².